The highest BCUT2D eigenvalue weighted by Gasteiger charge is 2.45. The molecule has 1 amide bonds. The molecule has 1 aliphatic carbocycles. The zero-order chi connectivity index (χ0) is 12.0. The van der Waals surface area contributed by atoms with E-state index in [-0.39, 0.29) is 17.9 Å². The molecule has 0 radical (unpaired) electrons. The van der Waals surface area contributed by atoms with E-state index >= 15 is 0 Å². The first-order valence-electron chi connectivity index (χ1n) is 6.72. The van der Waals surface area contributed by atoms with Crippen molar-refractivity contribution in [2.24, 2.45) is 11.8 Å². The topological polar surface area (TPSA) is 32.8 Å². The molecule has 96 valence electrons. The highest BCUT2D eigenvalue weighted by molar-refractivity contribution is 5.79. The number of ether oxygens (including phenoxy) is 1. The van der Waals surface area contributed by atoms with Crippen LogP contribution in [0.25, 0.3) is 0 Å². The van der Waals surface area contributed by atoms with Gasteiger partial charge in [-0.05, 0) is 25.2 Å². The first-order valence-corrected chi connectivity index (χ1v) is 6.72. The number of rotatable bonds is 3. The molecule has 0 aromatic carbocycles. The zero-order valence-corrected chi connectivity index (χ0v) is 10.8. The van der Waals surface area contributed by atoms with Gasteiger partial charge in [0.25, 0.3) is 0 Å². The van der Waals surface area contributed by atoms with Gasteiger partial charge in [0.2, 0.25) is 5.91 Å². The third kappa shape index (κ3) is 2.33. The fourth-order valence-electron chi connectivity index (χ4n) is 3.14. The number of fused-ring (bicyclic) bond motifs is 2. The van der Waals surface area contributed by atoms with Crippen molar-refractivity contribution >= 4 is 5.91 Å². The minimum atomic E-state index is 0.0965. The normalized spacial score (nSPS) is 37.2. The van der Waals surface area contributed by atoms with Gasteiger partial charge in [-0.1, -0.05) is 0 Å². The molecule has 0 spiro atoms. The van der Waals surface area contributed by atoms with Gasteiger partial charge >= 0.3 is 0 Å². The van der Waals surface area contributed by atoms with Crippen molar-refractivity contribution in [2.45, 2.75) is 31.5 Å². The molecule has 0 unspecified atom stereocenters. The number of carbonyl (C=O) groups excluding carboxylic acids is 1. The number of likely N-dealkylation sites (tertiary alicyclic amines) is 1. The average Bonchev–Trinajstić information content (AvgIpc) is 3.03. The SMILES string of the molecule is CN(C)C(=O)[C@H]1C[C@H]2CN(CC3CC3)C[C@H]1O2. The van der Waals surface area contributed by atoms with E-state index in [0.29, 0.717) is 6.10 Å². The Hall–Kier alpha value is -0.610. The molecule has 17 heavy (non-hydrogen) atoms. The fourth-order valence-corrected chi connectivity index (χ4v) is 3.14. The Kier molecular flexibility index (Phi) is 2.87. The summed E-state index contributed by atoms with van der Waals surface area (Å²) in [5.41, 5.74) is 0. The second-order valence-electron chi connectivity index (χ2n) is 6.03. The molecule has 3 fully saturated rings. The van der Waals surface area contributed by atoms with Gasteiger partial charge in [0, 0.05) is 33.7 Å². The third-order valence-electron chi connectivity index (χ3n) is 4.20. The summed E-state index contributed by atoms with van der Waals surface area (Å²) in [5.74, 6) is 1.26. The van der Waals surface area contributed by atoms with Crippen molar-refractivity contribution in [3.05, 3.63) is 0 Å². The van der Waals surface area contributed by atoms with E-state index in [1.165, 1.54) is 19.4 Å². The lowest BCUT2D eigenvalue weighted by atomic mass is 9.99. The molecular formula is C13H22N2O2. The smallest absolute Gasteiger partial charge is 0.227 e. The minimum Gasteiger partial charge on any atom is -0.371 e. The molecule has 0 N–H and O–H groups in total. The Morgan fingerprint density at radius 3 is 2.76 bits per heavy atom. The van der Waals surface area contributed by atoms with Gasteiger partial charge in [0.05, 0.1) is 18.1 Å². The molecule has 3 atom stereocenters. The van der Waals surface area contributed by atoms with Gasteiger partial charge in [-0.3, -0.25) is 9.69 Å². The van der Waals surface area contributed by atoms with Crippen LogP contribution >= 0.6 is 0 Å². The molecule has 3 rings (SSSR count). The van der Waals surface area contributed by atoms with Gasteiger partial charge in [0.15, 0.2) is 0 Å². The van der Waals surface area contributed by atoms with Crippen LogP contribution in [0.1, 0.15) is 19.3 Å². The predicted octanol–water partition coefficient (Wildman–Crippen LogP) is 0.574. The van der Waals surface area contributed by atoms with Crippen LogP contribution in [0.2, 0.25) is 0 Å². The monoisotopic (exact) mass is 238 g/mol. The van der Waals surface area contributed by atoms with Crippen LogP contribution in [-0.2, 0) is 9.53 Å². The molecule has 4 nitrogen and oxygen atoms in total. The van der Waals surface area contributed by atoms with Gasteiger partial charge in [-0.2, -0.15) is 0 Å². The third-order valence-corrected chi connectivity index (χ3v) is 4.20. The zero-order valence-electron chi connectivity index (χ0n) is 10.8. The second kappa shape index (κ2) is 4.25. The Bertz CT molecular complexity index is 315. The maximum absolute atomic E-state index is 12.1. The highest BCUT2D eigenvalue weighted by Crippen LogP contribution is 2.36. The minimum absolute atomic E-state index is 0.0965. The maximum atomic E-state index is 12.1. The van der Waals surface area contributed by atoms with Crippen LogP contribution in [0.15, 0.2) is 0 Å². The first-order chi connectivity index (χ1) is 8.13. The summed E-state index contributed by atoms with van der Waals surface area (Å²) < 4.78 is 5.92. The molecule has 2 aliphatic heterocycles. The molecule has 0 aromatic rings. The predicted molar refractivity (Wildman–Crippen MR) is 64.6 cm³/mol. The second-order valence-corrected chi connectivity index (χ2v) is 6.03. The van der Waals surface area contributed by atoms with Crippen LogP contribution in [-0.4, -0.2) is 61.6 Å². The van der Waals surface area contributed by atoms with Crippen LogP contribution in [0.3, 0.4) is 0 Å². The van der Waals surface area contributed by atoms with Crippen molar-refractivity contribution in [1.82, 2.24) is 9.80 Å². The van der Waals surface area contributed by atoms with Gasteiger partial charge in [-0.15, -0.1) is 0 Å². The van der Waals surface area contributed by atoms with E-state index in [1.54, 1.807) is 4.90 Å². The van der Waals surface area contributed by atoms with E-state index in [0.717, 1.165) is 25.4 Å². The fraction of sp³-hybridized carbons (Fsp3) is 0.923. The van der Waals surface area contributed by atoms with Crippen molar-refractivity contribution in [1.29, 1.82) is 0 Å². The van der Waals surface area contributed by atoms with Crippen LogP contribution in [0.4, 0.5) is 0 Å². The molecule has 2 bridgehead atoms. The quantitative estimate of drug-likeness (QED) is 0.721. The maximum Gasteiger partial charge on any atom is 0.227 e. The van der Waals surface area contributed by atoms with E-state index in [4.69, 9.17) is 4.74 Å². The summed E-state index contributed by atoms with van der Waals surface area (Å²) in [6, 6.07) is 0. The Morgan fingerprint density at radius 1 is 1.35 bits per heavy atom. The molecule has 2 saturated heterocycles. The summed E-state index contributed by atoms with van der Waals surface area (Å²) in [6.45, 7) is 3.21. The van der Waals surface area contributed by atoms with E-state index < -0.39 is 0 Å². The Morgan fingerprint density at radius 2 is 2.12 bits per heavy atom. The van der Waals surface area contributed by atoms with E-state index in [2.05, 4.69) is 4.90 Å². The van der Waals surface area contributed by atoms with Crippen molar-refractivity contribution in [2.75, 3.05) is 33.7 Å². The molecular weight excluding hydrogens is 216 g/mol. The number of hydrogen-bond acceptors (Lipinski definition) is 3. The molecule has 0 aromatic heterocycles. The summed E-state index contributed by atoms with van der Waals surface area (Å²) in [4.78, 5) is 16.3. The summed E-state index contributed by atoms with van der Waals surface area (Å²) in [5, 5.41) is 0. The number of hydrogen-bond donors (Lipinski definition) is 0. The largest absolute Gasteiger partial charge is 0.371 e. The van der Waals surface area contributed by atoms with Gasteiger partial charge in [0.1, 0.15) is 0 Å². The number of nitrogens with zero attached hydrogens (tertiary/aromatic N) is 2. The Labute approximate surface area is 103 Å². The number of morpholine rings is 1. The van der Waals surface area contributed by atoms with E-state index in [9.17, 15) is 4.79 Å². The summed E-state index contributed by atoms with van der Waals surface area (Å²) >= 11 is 0. The Balaban J connectivity index is 1.62. The lowest BCUT2D eigenvalue weighted by molar-refractivity contribution is -0.136. The van der Waals surface area contributed by atoms with Gasteiger partial charge in [-0.25, -0.2) is 0 Å². The lowest BCUT2D eigenvalue weighted by Gasteiger charge is -2.33. The average molecular weight is 238 g/mol. The van der Waals surface area contributed by atoms with Crippen molar-refractivity contribution in [3.63, 3.8) is 0 Å². The molecule has 3 aliphatic rings. The van der Waals surface area contributed by atoms with Crippen molar-refractivity contribution in [3.8, 4) is 0 Å². The standard InChI is InChI=1S/C13H22N2O2/c1-14(2)13(16)11-5-10-7-15(6-9-3-4-9)8-12(11)17-10/h9-12H,3-8H2,1-2H3/t10-,11-,12+/m0/s1. The lowest BCUT2D eigenvalue weighted by Crippen LogP contribution is -2.45. The van der Waals surface area contributed by atoms with Crippen molar-refractivity contribution < 1.29 is 9.53 Å². The summed E-state index contributed by atoms with van der Waals surface area (Å²) in [7, 11) is 3.68. The molecule has 2 heterocycles. The van der Waals surface area contributed by atoms with Crippen LogP contribution in [0.5, 0.6) is 0 Å². The highest BCUT2D eigenvalue weighted by atomic mass is 16.5. The molecule has 1 saturated carbocycles. The number of carbonyl (C=O) groups is 1. The summed E-state index contributed by atoms with van der Waals surface area (Å²) in [6.07, 6.45) is 4.14. The van der Waals surface area contributed by atoms with Gasteiger partial charge < -0.3 is 9.64 Å². The van der Waals surface area contributed by atoms with Crippen LogP contribution < -0.4 is 0 Å². The molecule has 4 heteroatoms. The van der Waals surface area contributed by atoms with Crippen LogP contribution in [0, 0.1) is 11.8 Å². The first kappa shape index (κ1) is 11.5. The van der Waals surface area contributed by atoms with E-state index in [1.807, 2.05) is 14.1 Å². The number of amides is 1.